The zero-order valence-corrected chi connectivity index (χ0v) is 9.51. The standard InChI is InChI=1S/C13H12N2O2/c1-15-8-10(7-14-15)9-2-3-11-12(16)4-5-17-13(11)6-9/h2-3,6-8H,4-5H2,1H3. The summed E-state index contributed by atoms with van der Waals surface area (Å²) in [5.74, 6) is 0.839. The number of benzene rings is 1. The molecule has 0 atom stereocenters. The summed E-state index contributed by atoms with van der Waals surface area (Å²) in [5, 5.41) is 4.13. The molecule has 2 heterocycles. The maximum atomic E-state index is 11.6. The van der Waals surface area contributed by atoms with E-state index in [1.54, 1.807) is 10.9 Å². The van der Waals surface area contributed by atoms with Crippen LogP contribution < -0.4 is 4.74 Å². The summed E-state index contributed by atoms with van der Waals surface area (Å²) >= 11 is 0. The van der Waals surface area contributed by atoms with Crippen LogP contribution in [0, 0.1) is 0 Å². The predicted octanol–water partition coefficient (Wildman–Crippen LogP) is 2.05. The van der Waals surface area contributed by atoms with Crippen molar-refractivity contribution in [2.45, 2.75) is 6.42 Å². The second-order valence-electron chi connectivity index (χ2n) is 4.14. The van der Waals surface area contributed by atoms with E-state index in [1.165, 1.54) is 0 Å². The molecule has 1 aliphatic rings. The molecule has 0 saturated heterocycles. The van der Waals surface area contributed by atoms with Crippen molar-refractivity contribution in [3.05, 3.63) is 36.2 Å². The SMILES string of the molecule is Cn1cc(-c2ccc3c(c2)OCCC3=O)cn1. The highest BCUT2D eigenvalue weighted by Crippen LogP contribution is 2.30. The van der Waals surface area contributed by atoms with Crippen LogP contribution in [0.1, 0.15) is 16.8 Å². The lowest BCUT2D eigenvalue weighted by Gasteiger charge is -2.16. The number of carbonyl (C=O) groups excluding carboxylic acids is 1. The summed E-state index contributed by atoms with van der Waals surface area (Å²) in [6.07, 6.45) is 4.21. The Morgan fingerprint density at radius 3 is 3.00 bits per heavy atom. The molecule has 0 unspecified atom stereocenters. The van der Waals surface area contributed by atoms with Crippen LogP contribution >= 0.6 is 0 Å². The van der Waals surface area contributed by atoms with Crippen molar-refractivity contribution < 1.29 is 9.53 Å². The minimum absolute atomic E-state index is 0.156. The molecule has 3 rings (SSSR count). The van der Waals surface area contributed by atoms with Gasteiger partial charge in [0.2, 0.25) is 0 Å². The zero-order valence-electron chi connectivity index (χ0n) is 9.51. The minimum Gasteiger partial charge on any atom is -0.492 e. The van der Waals surface area contributed by atoms with E-state index in [-0.39, 0.29) is 5.78 Å². The summed E-state index contributed by atoms with van der Waals surface area (Å²) in [7, 11) is 1.88. The topological polar surface area (TPSA) is 44.1 Å². The van der Waals surface area contributed by atoms with Gasteiger partial charge in [0.25, 0.3) is 0 Å². The number of rotatable bonds is 1. The number of nitrogens with zero attached hydrogens (tertiary/aromatic N) is 2. The lowest BCUT2D eigenvalue weighted by atomic mass is 10.0. The number of aryl methyl sites for hydroxylation is 1. The van der Waals surface area contributed by atoms with E-state index in [0.717, 1.165) is 11.1 Å². The largest absolute Gasteiger partial charge is 0.492 e. The molecule has 1 aromatic carbocycles. The Kier molecular flexibility index (Phi) is 2.21. The van der Waals surface area contributed by atoms with Gasteiger partial charge < -0.3 is 4.74 Å². The molecule has 0 radical (unpaired) electrons. The number of ketones is 1. The lowest BCUT2D eigenvalue weighted by molar-refractivity contribution is 0.0933. The Morgan fingerprint density at radius 2 is 2.24 bits per heavy atom. The van der Waals surface area contributed by atoms with E-state index in [2.05, 4.69) is 5.10 Å². The first-order chi connectivity index (χ1) is 8.24. The fourth-order valence-electron chi connectivity index (χ4n) is 2.01. The molecule has 0 spiro atoms. The maximum Gasteiger partial charge on any atom is 0.169 e. The van der Waals surface area contributed by atoms with Gasteiger partial charge in [0, 0.05) is 25.2 Å². The van der Waals surface area contributed by atoms with Crippen molar-refractivity contribution in [1.29, 1.82) is 0 Å². The van der Waals surface area contributed by atoms with Gasteiger partial charge in [-0.1, -0.05) is 6.07 Å². The van der Waals surface area contributed by atoms with E-state index in [4.69, 9.17) is 4.74 Å². The van der Waals surface area contributed by atoms with Crippen molar-refractivity contribution >= 4 is 5.78 Å². The van der Waals surface area contributed by atoms with Crippen LogP contribution in [0.2, 0.25) is 0 Å². The van der Waals surface area contributed by atoms with Crippen molar-refractivity contribution in [2.24, 2.45) is 7.05 Å². The van der Waals surface area contributed by atoms with Crippen molar-refractivity contribution in [3.8, 4) is 16.9 Å². The zero-order chi connectivity index (χ0) is 11.8. The van der Waals surface area contributed by atoms with Gasteiger partial charge >= 0.3 is 0 Å². The Labute approximate surface area is 98.8 Å². The fraction of sp³-hybridized carbons (Fsp3) is 0.231. The number of ether oxygens (including phenoxy) is 1. The molecule has 0 amide bonds. The molecule has 4 nitrogen and oxygen atoms in total. The molecule has 2 aromatic rings. The monoisotopic (exact) mass is 228 g/mol. The average molecular weight is 228 g/mol. The molecule has 1 aliphatic heterocycles. The Hall–Kier alpha value is -2.10. The predicted molar refractivity (Wildman–Crippen MR) is 63.1 cm³/mol. The van der Waals surface area contributed by atoms with Gasteiger partial charge in [-0.3, -0.25) is 9.48 Å². The fourth-order valence-corrected chi connectivity index (χ4v) is 2.01. The average Bonchev–Trinajstić information content (AvgIpc) is 2.76. The first-order valence-electron chi connectivity index (χ1n) is 5.53. The number of aromatic nitrogens is 2. The molecule has 4 heteroatoms. The van der Waals surface area contributed by atoms with Gasteiger partial charge in [-0.2, -0.15) is 5.10 Å². The van der Waals surface area contributed by atoms with Gasteiger partial charge in [0.05, 0.1) is 18.4 Å². The molecule has 17 heavy (non-hydrogen) atoms. The van der Waals surface area contributed by atoms with E-state index < -0.39 is 0 Å². The smallest absolute Gasteiger partial charge is 0.169 e. The molecule has 0 bridgehead atoms. The van der Waals surface area contributed by atoms with Crippen molar-refractivity contribution in [2.75, 3.05) is 6.61 Å². The molecule has 0 N–H and O–H groups in total. The quantitative estimate of drug-likeness (QED) is 0.750. The highest BCUT2D eigenvalue weighted by molar-refractivity contribution is 6.00. The van der Waals surface area contributed by atoms with Gasteiger partial charge in [-0.15, -0.1) is 0 Å². The van der Waals surface area contributed by atoms with Crippen LogP contribution in [0.15, 0.2) is 30.6 Å². The molecular formula is C13H12N2O2. The molecule has 0 fully saturated rings. The molecule has 1 aromatic heterocycles. The van der Waals surface area contributed by atoms with E-state index in [0.29, 0.717) is 24.3 Å². The van der Waals surface area contributed by atoms with E-state index in [9.17, 15) is 4.79 Å². The summed E-state index contributed by atoms with van der Waals surface area (Å²) in [4.78, 5) is 11.6. The number of hydrogen-bond acceptors (Lipinski definition) is 3. The van der Waals surface area contributed by atoms with Crippen LogP contribution in [0.25, 0.3) is 11.1 Å². The highest BCUT2D eigenvalue weighted by atomic mass is 16.5. The second-order valence-corrected chi connectivity index (χ2v) is 4.14. The van der Waals surface area contributed by atoms with Crippen LogP contribution in [-0.2, 0) is 7.05 Å². The first kappa shape index (κ1) is 10.1. The summed E-state index contributed by atoms with van der Waals surface area (Å²) in [5.41, 5.74) is 2.73. The van der Waals surface area contributed by atoms with Crippen LogP contribution in [0.3, 0.4) is 0 Å². The third-order valence-electron chi connectivity index (χ3n) is 2.91. The third kappa shape index (κ3) is 1.71. The molecular weight excluding hydrogens is 216 g/mol. The van der Waals surface area contributed by atoms with Gasteiger partial charge in [0.15, 0.2) is 5.78 Å². The Balaban J connectivity index is 2.06. The second kappa shape index (κ2) is 3.73. The van der Waals surface area contributed by atoms with Crippen LogP contribution in [0.4, 0.5) is 0 Å². The number of hydrogen-bond donors (Lipinski definition) is 0. The summed E-state index contributed by atoms with van der Waals surface area (Å²) in [6, 6.07) is 5.67. The summed E-state index contributed by atoms with van der Waals surface area (Å²) < 4.78 is 7.27. The maximum absolute atomic E-state index is 11.6. The Bertz CT molecular complexity index is 587. The summed E-state index contributed by atoms with van der Waals surface area (Å²) in [6.45, 7) is 0.475. The van der Waals surface area contributed by atoms with Gasteiger partial charge in [-0.05, 0) is 17.7 Å². The van der Waals surface area contributed by atoms with Crippen molar-refractivity contribution in [3.63, 3.8) is 0 Å². The van der Waals surface area contributed by atoms with E-state index in [1.807, 2.05) is 31.4 Å². The Morgan fingerprint density at radius 1 is 1.35 bits per heavy atom. The number of Topliss-reactive ketones (excluding diaryl/α,β-unsaturated/α-hetero) is 1. The lowest BCUT2D eigenvalue weighted by Crippen LogP contribution is -2.15. The normalized spacial score (nSPS) is 14.3. The molecule has 86 valence electrons. The van der Waals surface area contributed by atoms with E-state index >= 15 is 0 Å². The first-order valence-corrected chi connectivity index (χ1v) is 5.53. The highest BCUT2D eigenvalue weighted by Gasteiger charge is 2.18. The minimum atomic E-state index is 0.156. The molecule has 0 aliphatic carbocycles. The number of fused-ring (bicyclic) bond motifs is 1. The molecule has 0 saturated carbocycles. The third-order valence-corrected chi connectivity index (χ3v) is 2.91. The van der Waals surface area contributed by atoms with Crippen LogP contribution in [-0.4, -0.2) is 22.2 Å². The number of carbonyl (C=O) groups is 1. The van der Waals surface area contributed by atoms with Crippen LogP contribution in [0.5, 0.6) is 5.75 Å². The van der Waals surface area contributed by atoms with Gasteiger partial charge in [0.1, 0.15) is 5.75 Å². The van der Waals surface area contributed by atoms with Crippen molar-refractivity contribution in [1.82, 2.24) is 9.78 Å². The van der Waals surface area contributed by atoms with Gasteiger partial charge in [-0.25, -0.2) is 0 Å².